The van der Waals surface area contributed by atoms with Gasteiger partial charge in [-0.2, -0.15) is 0 Å². The fourth-order valence-corrected chi connectivity index (χ4v) is 2.88. The molecule has 0 amide bonds. The number of rotatable bonds is 4. The van der Waals surface area contributed by atoms with E-state index in [0.29, 0.717) is 6.04 Å². The van der Waals surface area contributed by atoms with Crippen molar-refractivity contribution in [2.24, 2.45) is 0 Å². The van der Waals surface area contributed by atoms with E-state index in [1.54, 1.807) is 12.4 Å². The zero-order chi connectivity index (χ0) is 17.0. The molecular weight excluding hydrogens is 300 g/mol. The van der Waals surface area contributed by atoms with Gasteiger partial charge in [-0.15, -0.1) is 0 Å². The molecule has 3 rings (SSSR count). The van der Waals surface area contributed by atoms with Gasteiger partial charge < -0.3 is 10.2 Å². The van der Waals surface area contributed by atoms with Crippen LogP contribution in [0, 0.1) is 0 Å². The molecule has 6 nitrogen and oxygen atoms in total. The maximum Gasteiger partial charge on any atom is 0.225 e. The van der Waals surface area contributed by atoms with Crippen molar-refractivity contribution in [2.75, 3.05) is 18.0 Å². The average molecular weight is 326 g/mol. The van der Waals surface area contributed by atoms with Crippen molar-refractivity contribution in [1.29, 1.82) is 0 Å². The largest absolute Gasteiger partial charge is 0.339 e. The molecule has 1 aliphatic heterocycles. The molecule has 1 N–H and O–H groups in total. The standard InChI is InChI=1S/C18H26N6/c1-18(2,3)16-22-11-14(12-23-16)10-21-15-6-4-9-24(13-15)17-19-7-5-8-20-17/h5,7-8,11-12,15,21H,4,6,9-10,13H2,1-3H3/t15-/m1/s1. The van der Waals surface area contributed by atoms with E-state index in [4.69, 9.17) is 0 Å². The fraction of sp³-hybridized carbons (Fsp3) is 0.556. The molecule has 24 heavy (non-hydrogen) atoms. The molecule has 128 valence electrons. The summed E-state index contributed by atoms with van der Waals surface area (Å²) in [5.74, 6) is 1.71. The van der Waals surface area contributed by atoms with Crippen molar-refractivity contribution in [3.63, 3.8) is 0 Å². The number of nitrogens with one attached hydrogen (secondary N) is 1. The topological polar surface area (TPSA) is 66.8 Å². The normalized spacial score (nSPS) is 18.6. The monoisotopic (exact) mass is 326 g/mol. The lowest BCUT2D eigenvalue weighted by molar-refractivity contribution is 0.417. The quantitative estimate of drug-likeness (QED) is 0.930. The second kappa shape index (κ2) is 7.21. The van der Waals surface area contributed by atoms with Crippen molar-refractivity contribution >= 4 is 5.95 Å². The Bertz CT molecular complexity index is 635. The summed E-state index contributed by atoms with van der Waals surface area (Å²) >= 11 is 0. The minimum absolute atomic E-state index is 0.00842. The maximum absolute atomic E-state index is 4.49. The average Bonchev–Trinajstić information content (AvgIpc) is 2.61. The number of aromatic nitrogens is 4. The van der Waals surface area contributed by atoms with Gasteiger partial charge in [0.05, 0.1) is 0 Å². The summed E-state index contributed by atoms with van der Waals surface area (Å²) in [4.78, 5) is 19.9. The molecule has 3 heterocycles. The highest BCUT2D eigenvalue weighted by Crippen LogP contribution is 2.18. The first-order chi connectivity index (χ1) is 11.5. The molecule has 1 fully saturated rings. The lowest BCUT2D eigenvalue weighted by Crippen LogP contribution is -2.46. The van der Waals surface area contributed by atoms with Crippen LogP contribution in [0.2, 0.25) is 0 Å². The Morgan fingerprint density at radius 3 is 2.50 bits per heavy atom. The highest BCUT2D eigenvalue weighted by atomic mass is 15.3. The molecule has 0 saturated carbocycles. The summed E-state index contributed by atoms with van der Waals surface area (Å²) in [6.07, 6.45) is 9.78. The summed E-state index contributed by atoms with van der Waals surface area (Å²) in [7, 11) is 0. The molecule has 0 aromatic carbocycles. The van der Waals surface area contributed by atoms with Gasteiger partial charge in [0.1, 0.15) is 5.82 Å². The van der Waals surface area contributed by atoms with Gasteiger partial charge >= 0.3 is 0 Å². The Morgan fingerprint density at radius 2 is 1.83 bits per heavy atom. The minimum Gasteiger partial charge on any atom is -0.339 e. The number of piperidine rings is 1. The minimum atomic E-state index is -0.00842. The van der Waals surface area contributed by atoms with E-state index in [1.165, 1.54) is 6.42 Å². The van der Waals surface area contributed by atoms with E-state index in [9.17, 15) is 0 Å². The third-order valence-corrected chi connectivity index (χ3v) is 4.23. The van der Waals surface area contributed by atoms with E-state index in [-0.39, 0.29) is 5.41 Å². The summed E-state index contributed by atoms with van der Waals surface area (Å²) in [6.45, 7) is 9.13. The molecule has 0 unspecified atom stereocenters. The molecule has 1 atom stereocenters. The van der Waals surface area contributed by atoms with E-state index in [2.05, 4.69) is 50.9 Å². The summed E-state index contributed by atoms with van der Waals surface area (Å²) in [6, 6.07) is 2.29. The van der Waals surface area contributed by atoms with Crippen LogP contribution in [0.1, 0.15) is 45.0 Å². The smallest absolute Gasteiger partial charge is 0.225 e. The predicted octanol–water partition coefficient (Wildman–Crippen LogP) is 2.32. The van der Waals surface area contributed by atoms with Crippen LogP contribution in [0.5, 0.6) is 0 Å². The summed E-state index contributed by atoms with van der Waals surface area (Å²) < 4.78 is 0. The first-order valence-electron chi connectivity index (χ1n) is 8.59. The number of nitrogens with zero attached hydrogens (tertiary/aromatic N) is 5. The van der Waals surface area contributed by atoms with Gasteiger partial charge in [0.2, 0.25) is 5.95 Å². The SMILES string of the molecule is CC(C)(C)c1ncc(CN[C@@H]2CCCN(c3ncccn3)C2)cn1. The van der Waals surface area contributed by atoms with Crippen molar-refractivity contribution in [1.82, 2.24) is 25.3 Å². The van der Waals surface area contributed by atoms with E-state index in [1.807, 2.05) is 18.5 Å². The number of anilines is 1. The van der Waals surface area contributed by atoms with Gasteiger partial charge in [0.25, 0.3) is 0 Å². The molecule has 1 saturated heterocycles. The Kier molecular flexibility index (Phi) is 5.04. The molecule has 0 bridgehead atoms. The zero-order valence-corrected chi connectivity index (χ0v) is 14.7. The molecule has 0 radical (unpaired) electrons. The van der Waals surface area contributed by atoms with Crippen molar-refractivity contribution in [3.05, 3.63) is 42.2 Å². The van der Waals surface area contributed by atoms with Gasteiger partial charge in [-0.1, -0.05) is 20.8 Å². The van der Waals surface area contributed by atoms with Crippen LogP contribution in [-0.4, -0.2) is 39.1 Å². The van der Waals surface area contributed by atoms with Gasteiger partial charge in [-0.3, -0.25) is 0 Å². The Labute approximate surface area is 143 Å². The lowest BCUT2D eigenvalue weighted by Gasteiger charge is -2.33. The first-order valence-corrected chi connectivity index (χ1v) is 8.59. The summed E-state index contributed by atoms with van der Waals surface area (Å²) in [5.41, 5.74) is 1.11. The zero-order valence-electron chi connectivity index (χ0n) is 14.7. The molecule has 2 aromatic heterocycles. The second-order valence-electron chi connectivity index (χ2n) is 7.38. The highest BCUT2D eigenvalue weighted by molar-refractivity contribution is 5.29. The van der Waals surface area contributed by atoms with Crippen LogP contribution in [0.15, 0.2) is 30.9 Å². The van der Waals surface area contributed by atoms with E-state index < -0.39 is 0 Å². The number of hydrogen-bond acceptors (Lipinski definition) is 6. The third kappa shape index (κ3) is 4.26. The highest BCUT2D eigenvalue weighted by Gasteiger charge is 2.21. The number of hydrogen-bond donors (Lipinski definition) is 1. The second-order valence-corrected chi connectivity index (χ2v) is 7.38. The third-order valence-electron chi connectivity index (χ3n) is 4.23. The molecule has 2 aromatic rings. The van der Waals surface area contributed by atoms with E-state index >= 15 is 0 Å². The van der Waals surface area contributed by atoms with Crippen LogP contribution in [0.25, 0.3) is 0 Å². The van der Waals surface area contributed by atoms with Gasteiger partial charge in [-0.05, 0) is 18.9 Å². The predicted molar refractivity (Wildman–Crippen MR) is 94.8 cm³/mol. The molecule has 6 heteroatoms. The molecule has 1 aliphatic rings. The van der Waals surface area contributed by atoms with Gasteiger partial charge in [0, 0.05) is 61.4 Å². The van der Waals surface area contributed by atoms with Crippen molar-refractivity contribution < 1.29 is 0 Å². The van der Waals surface area contributed by atoms with Crippen molar-refractivity contribution in [2.45, 2.75) is 51.6 Å². The van der Waals surface area contributed by atoms with Crippen LogP contribution in [-0.2, 0) is 12.0 Å². The van der Waals surface area contributed by atoms with Crippen LogP contribution >= 0.6 is 0 Å². The van der Waals surface area contributed by atoms with E-state index in [0.717, 1.165) is 43.4 Å². The van der Waals surface area contributed by atoms with Crippen LogP contribution in [0.3, 0.4) is 0 Å². The van der Waals surface area contributed by atoms with Gasteiger partial charge in [-0.25, -0.2) is 19.9 Å². The lowest BCUT2D eigenvalue weighted by atomic mass is 9.96. The Hall–Kier alpha value is -2.08. The van der Waals surface area contributed by atoms with Crippen LogP contribution < -0.4 is 10.2 Å². The molecule has 0 aliphatic carbocycles. The Morgan fingerprint density at radius 1 is 1.12 bits per heavy atom. The molecule has 0 spiro atoms. The van der Waals surface area contributed by atoms with Gasteiger partial charge in [0.15, 0.2) is 0 Å². The first kappa shape index (κ1) is 16.8. The Balaban J connectivity index is 1.55. The van der Waals surface area contributed by atoms with Crippen LogP contribution in [0.4, 0.5) is 5.95 Å². The fourth-order valence-electron chi connectivity index (χ4n) is 2.88. The molecular formula is C18H26N6. The van der Waals surface area contributed by atoms with Crippen molar-refractivity contribution in [3.8, 4) is 0 Å². The maximum atomic E-state index is 4.49. The summed E-state index contributed by atoms with van der Waals surface area (Å²) in [5, 5.41) is 3.62.